The predicted octanol–water partition coefficient (Wildman–Crippen LogP) is -1.60. The van der Waals surface area contributed by atoms with Crippen molar-refractivity contribution in [3.63, 3.8) is 0 Å². The predicted molar refractivity (Wildman–Crippen MR) is 53.4 cm³/mol. The fourth-order valence-corrected chi connectivity index (χ4v) is 1.86. The zero-order valence-electron chi connectivity index (χ0n) is 9.11. The summed E-state index contributed by atoms with van der Waals surface area (Å²) in [4.78, 5) is 11.6. The third kappa shape index (κ3) is 2.58. The first-order valence-electron chi connectivity index (χ1n) is 5.36. The number of aliphatic hydroxyl groups excluding tert-OH is 4. The summed E-state index contributed by atoms with van der Waals surface area (Å²) < 4.78 is 4.87. The Kier molecular flexibility index (Phi) is 4.82. The standard InChI is InChI=1S/C10H18O6/c1-2-3-5(12)7-9(14)8(13)6(4-11)16-10(7)15/h6-11,13-15H,2-4H2,1H3. The van der Waals surface area contributed by atoms with Crippen molar-refractivity contribution in [3.05, 3.63) is 0 Å². The quantitative estimate of drug-likeness (QED) is 0.467. The maximum absolute atomic E-state index is 11.6. The highest BCUT2D eigenvalue weighted by Gasteiger charge is 2.46. The van der Waals surface area contributed by atoms with E-state index in [1.54, 1.807) is 6.92 Å². The van der Waals surface area contributed by atoms with Crippen LogP contribution in [-0.2, 0) is 9.53 Å². The van der Waals surface area contributed by atoms with Crippen LogP contribution in [0.1, 0.15) is 19.8 Å². The highest BCUT2D eigenvalue weighted by Crippen LogP contribution is 2.26. The minimum Gasteiger partial charge on any atom is -0.394 e. The Hall–Kier alpha value is -0.530. The van der Waals surface area contributed by atoms with E-state index in [4.69, 9.17) is 9.84 Å². The molecule has 0 saturated carbocycles. The molecule has 6 nitrogen and oxygen atoms in total. The van der Waals surface area contributed by atoms with Crippen LogP contribution in [0, 0.1) is 5.92 Å². The molecule has 5 unspecified atom stereocenters. The minimum atomic E-state index is -1.48. The Bertz CT molecular complexity index is 243. The highest BCUT2D eigenvalue weighted by molar-refractivity contribution is 5.82. The molecule has 0 aromatic carbocycles. The van der Waals surface area contributed by atoms with Gasteiger partial charge < -0.3 is 25.2 Å². The van der Waals surface area contributed by atoms with Gasteiger partial charge in [0.2, 0.25) is 0 Å². The van der Waals surface area contributed by atoms with Gasteiger partial charge in [-0.15, -0.1) is 0 Å². The summed E-state index contributed by atoms with van der Waals surface area (Å²) in [6.07, 6.45) is -4.50. The van der Waals surface area contributed by atoms with E-state index in [-0.39, 0.29) is 12.2 Å². The first kappa shape index (κ1) is 13.5. The number of aliphatic hydroxyl groups is 4. The molecule has 1 rings (SSSR count). The summed E-state index contributed by atoms with van der Waals surface area (Å²) in [6.45, 7) is 1.28. The van der Waals surface area contributed by atoms with E-state index in [0.29, 0.717) is 6.42 Å². The third-order valence-electron chi connectivity index (χ3n) is 2.77. The van der Waals surface area contributed by atoms with Crippen molar-refractivity contribution in [2.45, 2.75) is 44.4 Å². The van der Waals surface area contributed by atoms with Gasteiger partial charge in [0.1, 0.15) is 18.0 Å². The Morgan fingerprint density at radius 1 is 1.25 bits per heavy atom. The molecular weight excluding hydrogens is 216 g/mol. The van der Waals surface area contributed by atoms with Crippen molar-refractivity contribution in [2.75, 3.05) is 6.61 Å². The molecule has 5 atom stereocenters. The van der Waals surface area contributed by atoms with Gasteiger partial charge >= 0.3 is 0 Å². The van der Waals surface area contributed by atoms with Gasteiger partial charge in [0.05, 0.1) is 18.6 Å². The van der Waals surface area contributed by atoms with Crippen LogP contribution >= 0.6 is 0 Å². The van der Waals surface area contributed by atoms with E-state index in [2.05, 4.69) is 0 Å². The van der Waals surface area contributed by atoms with Gasteiger partial charge in [-0.25, -0.2) is 0 Å². The van der Waals surface area contributed by atoms with Crippen molar-refractivity contribution in [3.8, 4) is 0 Å². The second kappa shape index (κ2) is 5.70. The fourth-order valence-electron chi connectivity index (χ4n) is 1.86. The number of hydrogen-bond acceptors (Lipinski definition) is 6. The molecule has 0 amide bonds. The molecule has 0 radical (unpaired) electrons. The smallest absolute Gasteiger partial charge is 0.167 e. The summed E-state index contributed by atoms with van der Waals surface area (Å²) in [6, 6.07) is 0. The SMILES string of the molecule is CCCC(=O)C1C(O)OC(CO)C(O)C1O. The Morgan fingerprint density at radius 3 is 2.38 bits per heavy atom. The van der Waals surface area contributed by atoms with Gasteiger partial charge in [-0.1, -0.05) is 6.92 Å². The summed E-state index contributed by atoms with van der Waals surface area (Å²) in [7, 11) is 0. The summed E-state index contributed by atoms with van der Waals surface area (Å²) in [5, 5.41) is 37.6. The van der Waals surface area contributed by atoms with Gasteiger partial charge in [-0.05, 0) is 6.42 Å². The van der Waals surface area contributed by atoms with Crippen molar-refractivity contribution in [2.24, 2.45) is 5.92 Å². The van der Waals surface area contributed by atoms with Crippen LogP contribution in [0.5, 0.6) is 0 Å². The molecule has 1 fully saturated rings. The number of ether oxygens (including phenoxy) is 1. The Balaban J connectivity index is 2.75. The first-order chi connectivity index (χ1) is 7.52. The van der Waals surface area contributed by atoms with E-state index in [1.807, 2.05) is 0 Å². The Labute approximate surface area is 93.5 Å². The number of carbonyl (C=O) groups is 1. The second-order valence-electron chi connectivity index (χ2n) is 3.97. The normalized spacial score (nSPS) is 39.7. The monoisotopic (exact) mass is 234 g/mol. The molecule has 16 heavy (non-hydrogen) atoms. The summed E-state index contributed by atoms with van der Waals surface area (Å²) in [5.74, 6) is -1.49. The molecule has 0 aliphatic carbocycles. The largest absolute Gasteiger partial charge is 0.394 e. The lowest BCUT2D eigenvalue weighted by molar-refractivity contribution is -0.264. The fraction of sp³-hybridized carbons (Fsp3) is 0.900. The minimum absolute atomic E-state index is 0.207. The molecule has 0 aromatic heterocycles. The molecule has 0 spiro atoms. The molecule has 94 valence electrons. The van der Waals surface area contributed by atoms with E-state index in [1.165, 1.54) is 0 Å². The molecule has 1 heterocycles. The van der Waals surface area contributed by atoms with Gasteiger partial charge in [0, 0.05) is 6.42 Å². The van der Waals surface area contributed by atoms with Crippen molar-refractivity contribution >= 4 is 5.78 Å². The van der Waals surface area contributed by atoms with E-state index < -0.39 is 37.1 Å². The van der Waals surface area contributed by atoms with E-state index in [9.17, 15) is 20.1 Å². The van der Waals surface area contributed by atoms with Crippen LogP contribution < -0.4 is 0 Å². The van der Waals surface area contributed by atoms with Crippen LogP contribution in [0.4, 0.5) is 0 Å². The number of hydrogen-bond donors (Lipinski definition) is 4. The first-order valence-corrected chi connectivity index (χ1v) is 5.36. The van der Waals surface area contributed by atoms with Gasteiger partial charge in [-0.3, -0.25) is 4.79 Å². The van der Waals surface area contributed by atoms with E-state index >= 15 is 0 Å². The number of ketones is 1. The lowest BCUT2D eigenvalue weighted by atomic mass is 9.86. The molecule has 0 bridgehead atoms. The van der Waals surface area contributed by atoms with Crippen LogP contribution in [0.25, 0.3) is 0 Å². The van der Waals surface area contributed by atoms with Crippen molar-refractivity contribution in [1.82, 2.24) is 0 Å². The average molecular weight is 234 g/mol. The molecule has 0 aromatic rings. The number of carbonyl (C=O) groups excluding carboxylic acids is 1. The molecule has 4 N–H and O–H groups in total. The lowest BCUT2D eigenvalue weighted by Crippen LogP contribution is -2.57. The lowest BCUT2D eigenvalue weighted by Gasteiger charge is -2.39. The van der Waals surface area contributed by atoms with Crippen LogP contribution in [0.15, 0.2) is 0 Å². The van der Waals surface area contributed by atoms with E-state index in [0.717, 1.165) is 0 Å². The highest BCUT2D eigenvalue weighted by atomic mass is 16.6. The summed E-state index contributed by atoms with van der Waals surface area (Å²) in [5.41, 5.74) is 0. The molecule has 1 aliphatic heterocycles. The Morgan fingerprint density at radius 2 is 1.88 bits per heavy atom. The zero-order valence-corrected chi connectivity index (χ0v) is 9.11. The van der Waals surface area contributed by atoms with Gasteiger partial charge in [0.25, 0.3) is 0 Å². The second-order valence-corrected chi connectivity index (χ2v) is 3.97. The maximum atomic E-state index is 11.6. The zero-order chi connectivity index (χ0) is 12.3. The molecule has 6 heteroatoms. The van der Waals surface area contributed by atoms with Crippen LogP contribution in [-0.4, -0.2) is 57.4 Å². The molecule has 1 saturated heterocycles. The average Bonchev–Trinajstić information content (AvgIpc) is 2.24. The van der Waals surface area contributed by atoms with Crippen LogP contribution in [0.2, 0.25) is 0 Å². The van der Waals surface area contributed by atoms with Crippen molar-refractivity contribution < 1.29 is 30.0 Å². The van der Waals surface area contributed by atoms with Gasteiger partial charge in [0.15, 0.2) is 6.29 Å². The summed E-state index contributed by atoms with van der Waals surface area (Å²) >= 11 is 0. The topological polar surface area (TPSA) is 107 Å². The van der Waals surface area contributed by atoms with Crippen LogP contribution in [0.3, 0.4) is 0 Å². The third-order valence-corrected chi connectivity index (χ3v) is 2.77. The number of rotatable bonds is 4. The molecule has 1 aliphatic rings. The van der Waals surface area contributed by atoms with Crippen molar-refractivity contribution in [1.29, 1.82) is 0 Å². The maximum Gasteiger partial charge on any atom is 0.167 e. The number of Topliss-reactive ketones (excluding diaryl/α,β-unsaturated/α-hetero) is 1. The molecular formula is C10H18O6. The van der Waals surface area contributed by atoms with Gasteiger partial charge in [-0.2, -0.15) is 0 Å².